The summed E-state index contributed by atoms with van der Waals surface area (Å²) in [4.78, 5) is 0. The molecule has 1 rings (SSSR count). The largest absolute Gasteiger partial charge is 0.399 e. The fourth-order valence-corrected chi connectivity index (χ4v) is 0.566. The van der Waals surface area contributed by atoms with Crippen molar-refractivity contribution >= 4 is 5.69 Å². The van der Waals surface area contributed by atoms with E-state index in [0.717, 1.165) is 5.69 Å². The number of nitrogens with two attached hydrogens (primary N) is 1. The topological polar surface area (TPSA) is 26.0 Å². The molecule has 0 spiro atoms. The van der Waals surface area contributed by atoms with Gasteiger partial charge in [0.15, 0.2) is 0 Å². The minimum absolute atomic E-state index is 0. The molecule has 0 unspecified atom stereocenters. The molecular formula is C8H12NV-. The molecular weight excluding hydrogens is 161 g/mol. The summed E-state index contributed by atoms with van der Waals surface area (Å²) in [6.07, 6.45) is 0. The first-order valence-electron chi connectivity index (χ1n) is 2.61. The van der Waals surface area contributed by atoms with Gasteiger partial charge in [0.05, 0.1) is 0 Å². The number of hydrogen-bond donors (Lipinski definition) is 1. The van der Waals surface area contributed by atoms with E-state index in [-0.39, 0.29) is 26.0 Å². The molecule has 0 amide bonds. The predicted molar refractivity (Wildman–Crippen MR) is 42.0 cm³/mol. The summed E-state index contributed by atoms with van der Waals surface area (Å²) < 4.78 is 0. The van der Waals surface area contributed by atoms with E-state index in [9.17, 15) is 0 Å². The monoisotopic (exact) mass is 173 g/mol. The first-order chi connectivity index (χ1) is 3.79. The minimum atomic E-state index is 0. The molecule has 1 nitrogen and oxygen atoms in total. The Morgan fingerprint density at radius 1 is 1.10 bits per heavy atom. The molecule has 2 N–H and O–H groups in total. The van der Waals surface area contributed by atoms with E-state index in [2.05, 4.69) is 0 Å². The maximum Gasteiger partial charge on any atom is 0.0314 e. The zero-order valence-corrected chi connectivity index (χ0v) is 7.73. The molecule has 0 bridgehead atoms. The van der Waals surface area contributed by atoms with Gasteiger partial charge in [0, 0.05) is 24.2 Å². The van der Waals surface area contributed by atoms with Crippen LogP contribution in [0.1, 0.15) is 5.56 Å². The molecule has 0 saturated carbocycles. The number of hydrogen-bond acceptors (Lipinski definition) is 1. The van der Waals surface area contributed by atoms with E-state index < -0.39 is 0 Å². The fourth-order valence-electron chi connectivity index (χ4n) is 0.566. The van der Waals surface area contributed by atoms with Crippen LogP contribution in [0.15, 0.2) is 24.3 Å². The van der Waals surface area contributed by atoms with Crippen LogP contribution in [0.2, 0.25) is 0 Å². The molecule has 0 heterocycles. The summed E-state index contributed by atoms with van der Waals surface area (Å²) in [5.74, 6) is 0. The van der Waals surface area contributed by atoms with Gasteiger partial charge in [-0.2, -0.15) is 0 Å². The Labute approximate surface area is 74.5 Å². The standard InChI is InChI=1S/C7H9N.CH3.V/c1-6-2-4-7(8)5-3-6;;/h2-5H,8H2,1H3;1H3;/q;-1;. The third-order valence-corrected chi connectivity index (χ3v) is 1.08. The summed E-state index contributed by atoms with van der Waals surface area (Å²) in [7, 11) is 0. The Morgan fingerprint density at radius 3 is 1.80 bits per heavy atom. The summed E-state index contributed by atoms with van der Waals surface area (Å²) in [5, 5.41) is 0. The summed E-state index contributed by atoms with van der Waals surface area (Å²) >= 11 is 0. The number of nitrogen functional groups attached to an aromatic ring is 1. The molecule has 10 heavy (non-hydrogen) atoms. The Bertz CT molecular complexity index is 148. The minimum Gasteiger partial charge on any atom is -0.399 e. The zero-order chi connectivity index (χ0) is 5.98. The van der Waals surface area contributed by atoms with E-state index in [1.807, 2.05) is 31.2 Å². The van der Waals surface area contributed by atoms with E-state index in [1.165, 1.54) is 5.56 Å². The molecule has 0 aliphatic heterocycles. The Hall–Kier alpha value is -0.396. The van der Waals surface area contributed by atoms with Crippen LogP contribution in [-0.2, 0) is 18.6 Å². The molecule has 1 aromatic rings. The normalized spacial score (nSPS) is 7.30. The summed E-state index contributed by atoms with van der Waals surface area (Å²) in [6, 6.07) is 7.79. The number of rotatable bonds is 0. The Balaban J connectivity index is 0. The molecule has 55 valence electrons. The molecule has 0 aromatic heterocycles. The Morgan fingerprint density at radius 2 is 1.50 bits per heavy atom. The SMILES string of the molecule is Cc1ccc(N)cc1.[CH3-].[V]. The van der Waals surface area contributed by atoms with Crippen LogP contribution in [0.4, 0.5) is 5.69 Å². The molecule has 0 aliphatic rings. The average Bonchev–Trinajstić information content (AvgIpc) is 1.77. The number of benzene rings is 1. The van der Waals surface area contributed by atoms with Crippen molar-refractivity contribution < 1.29 is 18.6 Å². The first kappa shape index (κ1) is 12.3. The quantitative estimate of drug-likeness (QED) is 0.471. The molecule has 0 saturated heterocycles. The van der Waals surface area contributed by atoms with Gasteiger partial charge >= 0.3 is 0 Å². The molecule has 1 aromatic carbocycles. The van der Waals surface area contributed by atoms with Gasteiger partial charge in [0.2, 0.25) is 0 Å². The molecule has 1 radical (unpaired) electrons. The van der Waals surface area contributed by atoms with Crippen LogP contribution in [0.5, 0.6) is 0 Å². The Kier molecular flexibility index (Phi) is 6.63. The molecule has 0 atom stereocenters. The smallest absolute Gasteiger partial charge is 0.0314 e. The maximum atomic E-state index is 5.43. The zero-order valence-electron chi connectivity index (χ0n) is 6.33. The van der Waals surface area contributed by atoms with Gasteiger partial charge in [-0.3, -0.25) is 0 Å². The number of aryl methyl sites for hydroxylation is 1. The summed E-state index contributed by atoms with van der Waals surface area (Å²) in [6.45, 7) is 2.04. The van der Waals surface area contributed by atoms with Crippen molar-refractivity contribution in [2.75, 3.05) is 5.73 Å². The van der Waals surface area contributed by atoms with Crippen LogP contribution in [0.3, 0.4) is 0 Å². The fraction of sp³-hybridized carbons (Fsp3) is 0.125. The van der Waals surface area contributed by atoms with Gasteiger partial charge < -0.3 is 13.2 Å². The van der Waals surface area contributed by atoms with Crippen molar-refractivity contribution in [1.29, 1.82) is 0 Å². The van der Waals surface area contributed by atoms with Crippen molar-refractivity contribution in [2.45, 2.75) is 6.92 Å². The number of anilines is 1. The molecule has 0 fully saturated rings. The summed E-state index contributed by atoms with van der Waals surface area (Å²) in [5.41, 5.74) is 7.51. The molecule has 2 heteroatoms. The predicted octanol–water partition coefficient (Wildman–Crippen LogP) is 2.03. The van der Waals surface area contributed by atoms with E-state index in [0.29, 0.717) is 0 Å². The van der Waals surface area contributed by atoms with E-state index in [1.54, 1.807) is 0 Å². The molecule has 0 aliphatic carbocycles. The third-order valence-electron chi connectivity index (χ3n) is 1.08. The van der Waals surface area contributed by atoms with Crippen LogP contribution < -0.4 is 5.73 Å². The second-order valence-electron chi connectivity index (χ2n) is 1.91. The van der Waals surface area contributed by atoms with Gasteiger partial charge in [0.25, 0.3) is 0 Å². The van der Waals surface area contributed by atoms with Crippen molar-refractivity contribution in [3.63, 3.8) is 0 Å². The maximum absolute atomic E-state index is 5.43. The van der Waals surface area contributed by atoms with Crippen LogP contribution >= 0.6 is 0 Å². The van der Waals surface area contributed by atoms with Crippen LogP contribution in [0.25, 0.3) is 0 Å². The van der Waals surface area contributed by atoms with E-state index >= 15 is 0 Å². The van der Waals surface area contributed by atoms with Crippen LogP contribution in [0, 0.1) is 14.4 Å². The van der Waals surface area contributed by atoms with Crippen LogP contribution in [-0.4, -0.2) is 0 Å². The third kappa shape index (κ3) is 3.60. The van der Waals surface area contributed by atoms with Crippen molar-refractivity contribution in [3.05, 3.63) is 37.3 Å². The van der Waals surface area contributed by atoms with Crippen molar-refractivity contribution in [1.82, 2.24) is 0 Å². The van der Waals surface area contributed by atoms with Gasteiger partial charge in [-0.1, -0.05) is 17.7 Å². The van der Waals surface area contributed by atoms with Crippen molar-refractivity contribution in [2.24, 2.45) is 0 Å². The van der Waals surface area contributed by atoms with Gasteiger partial charge in [-0.15, -0.1) is 0 Å². The van der Waals surface area contributed by atoms with Gasteiger partial charge in [-0.25, -0.2) is 0 Å². The second kappa shape index (κ2) is 5.39. The second-order valence-corrected chi connectivity index (χ2v) is 1.91. The van der Waals surface area contributed by atoms with E-state index in [4.69, 9.17) is 5.73 Å². The van der Waals surface area contributed by atoms with Gasteiger partial charge in [-0.05, 0) is 19.1 Å². The first-order valence-corrected chi connectivity index (χ1v) is 2.61. The van der Waals surface area contributed by atoms with Gasteiger partial charge in [0.1, 0.15) is 0 Å². The average molecular weight is 173 g/mol. The van der Waals surface area contributed by atoms with Crippen molar-refractivity contribution in [3.8, 4) is 0 Å².